The minimum Gasteiger partial charge on any atom is -0.298 e. The number of aryl methyl sites for hydroxylation is 3. The maximum atomic E-state index is 12.9. The normalized spacial score (nSPS) is 13.9. The molecule has 1 amide bonds. The number of sulfonamides is 1. The summed E-state index contributed by atoms with van der Waals surface area (Å²) in [4.78, 5) is 18.6. The first-order chi connectivity index (χ1) is 14.7. The van der Waals surface area contributed by atoms with Crippen LogP contribution in [0, 0.1) is 20.8 Å². The van der Waals surface area contributed by atoms with Crippen LogP contribution in [0.5, 0.6) is 0 Å². The van der Waals surface area contributed by atoms with Crippen LogP contribution in [-0.4, -0.2) is 25.4 Å². The summed E-state index contributed by atoms with van der Waals surface area (Å²) in [6.07, 6.45) is 2.46. The molecule has 0 unspecified atom stereocenters. The summed E-state index contributed by atoms with van der Waals surface area (Å²) in [5, 5.41) is 3.35. The van der Waals surface area contributed by atoms with Crippen molar-refractivity contribution in [1.82, 2.24) is 9.71 Å². The van der Waals surface area contributed by atoms with E-state index in [0.29, 0.717) is 16.3 Å². The van der Waals surface area contributed by atoms with E-state index in [4.69, 9.17) is 0 Å². The third-order valence-electron chi connectivity index (χ3n) is 5.26. The molecule has 0 aliphatic heterocycles. The molecule has 1 aliphatic rings. The molecule has 3 aromatic rings. The zero-order valence-electron chi connectivity index (χ0n) is 17.7. The number of rotatable bonds is 7. The van der Waals surface area contributed by atoms with Gasteiger partial charge in [0.15, 0.2) is 5.13 Å². The summed E-state index contributed by atoms with van der Waals surface area (Å²) in [5.41, 5.74) is 4.31. The van der Waals surface area contributed by atoms with Crippen molar-refractivity contribution in [2.45, 2.75) is 51.0 Å². The van der Waals surface area contributed by atoms with Gasteiger partial charge in [-0.1, -0.05) is 35.9 Å². The Bertz CT molecular complexity index is 1230. The molecule has 0 bridgehead atoms. The Morgan fingerprint density at radius 3 is 2.48 bits per heavy atom. The Morgan fingerprint density at radius 1 is 1.10 bits per heavy atom. The second-order valence-corrected chi connectivity index (χ2v) is 10.8. The van der Waals surface area contributed by atoms with Crippen molar-refractivity contribution in [2.75, 3.05) is 5.32 Å². The molecule has 31 heavy (non-hydrogen) atoms. The van der Waals surface area contributed by atoms with Crippen molar-refractivity contribution in [2.24, 2.45) is 0 Å². The molecule has 1 heterocycles. The molecule has 1 aromatic heterocycles. The summed E-state index contributed by atoms with van der Waals surface area (Å²) >= 11 is 1.44. The summed E-state index contributed by atoms with van der Waals surface area (Å²) in [5.74, 6) is -0.364. The largest absolute Gasteiger partial charge is 0.298 e. The van der Waals surface area contributed by atoms with Gasteiger partial charge < -0.3 is 0 Å². The summed E-state index contributed by atoms with van der Waals surface area (Å²) in [6.45, 7) is 5.77. The van der Waals surface area contributed by atoms with Crippen LogP contribution in [0.15, 0.2) is 47.4 Å². The van der Waals surface area contributed by atoms with Gasteiger partial charge in [0.05, 0.1) is 10.6 Å². The van der Waals surface area contributed by atoms with Crippen LogP contribution in [0.4, 0.5) is 5.13 Å². The molecule has 1 aliphatic carbocycles. The van der Waals surface area contributed by atoms with Crippen molar-refractivity contribution in [3.8, 4) is 0 Å². The SMILES string of the molecule is Cc1ccc(Cc2sc(NC(=O)c3cc(S(=O)(=O)NC4CC4)ccc3C)nc2C)cc1. The molecule has 0 saturated heterocycles. The first-order valence-corrected chi connectivity index (χ1v) is 12.5. The molecule has 1 saturated carbocycles. The van der Waals surface area contributed by atoms with Crippen LogP contribution < -0.4 is 10.0 Å². The summed E-state index contributed by atoms with van der Waals surface area (Å²) < 4.78 is 27.7. The van der Waals surface area contributed by atoms with E-state index in [1.54, 1.807) is 13.0 Å². The fourth-order valence-corrected chi connectivity index (χ4v) is 5.53. The van der Waals surface area contributed by atoms with Crippen molar-refractivity contribution in [3.63, 3.8) is 0 Å². The molecular formula is C23H25N3O3S2. The van der Waals surface area contributed by atoms with Crippen molar-refractivity contribution in [1.29, 1.82) is 0 Å². The Labute approximate surface area is 186 Å². The Balaban J connectivity index is 1.51. The zero-order chi connectivity index (χ0) is 22.2. The fraction of sp³-hybridized carbons (Fsp3) is 0.304. The average Bonchev–Trinajstić information content (AvgIpc) is 3.45. The molecule has 0 atom stereocenters. The first-order valence-electron chi connectivity index (χ1n) is 10.2. The van der Waals surface area contributed by atoms with Crippen LogP contribution in [0.1, 0.15) is 50.5 Å². The molecule has 4 rings (SSSR count). The van der Waals surface area contributed by atoms with Crippen LogP contribution >= 0.6 is 11.3 Å². The minimum atomic E-state index is -3.63. The van der Waals surface area contributed by atoms with Crippen LogP contribution in [0.25, 0.3) is 0 Å². The minimum absolute atomic E-state index is 0.00817. The van der Waals surface area contributed by atoms with E-state index < -0.39 is 10.0 Å². The van der Waals surface area contributed by atoms with Crippen LogP contribution in [0.2, 0.25) is 0 Å². The maximum Gasteiger partial charge on any atom is 0.257 e. The van der Waals surface area contributed by atoms with Crippen molar-refractivity contribution < 1.29 is 13.2 Å². The Morgan fingerprint density at radius 2 is 1.81 bits per heavy atom. The van der Waals surface area contributed by atoms with Gasteiger partial charge >= 0.3 is 0 Å². The standard InChI is InChI=1S/C23H25N3O3S2/c1-14-4-7-17(8-5-14)12-21-16(3)24-23(30-21)25-22(27)20-13-19(11-6-15(20)2)31(28,29)26-18-9-10-18/h4-8,11,13,18,26H,9-10,12H2,1-3H3,(H,24,25,27). The van der Waals surface area contributed by atoms with Gasteiger partial charge in [-0.2, -0.15) is 0 Å². The number of hydrogen-bond acceptors (Lipinski definition) is 5. The van der Waals surface area contributed by atoms with Crippen LogP contribution in [-0.2, 0) is 16.4 Å². The number of carbonyl (C=O) groups is 1. The van der Waals surface area contributed by atoms with E-state index >= 15 is 0 Å². The van der Waals surface area contributed by atoms with E-state index in [1.165, 1.54) is 34.6 Å². The number of anilines is 1. The number of benzene rings is 2. The number of nitrogens with zero attached hydrogens (tertiary/aromatic N) is 1. The molecule has 8 heteroatoms. The number of aromatic nitrogens is 1. The summed E-state index contributed by atoms with van der Waals surface area (Å²) in [7, 11) is -3.63. The molecule has 6 nitrogen and oxygen atoms in total. The lowest BCUT2D eigenvalue weighted by atomic mass is 10.1. The molecule has 2 aromatic carbocycles. The third-order valence-corrected chi connectivity index (χ3v) is 7.85. The number of carbonyl (C=O) groups excluding carboxylic acids is 1. The van der Waals surface area contributed by atoms with E-state index in [1.807, 2.05) is 6.92 Å². The average molecular weight is 456 g/mol. The zero-order valence-corrected chi connectivity index (χ0v) is 19.4. The Kier molecular flexibility index (Phi) is 5.96. The number of hydrogen-bond donors (Lipinski definition) is 2. The molecule has 162 valence electrons. The lowest BCUT2D eigenvalue weighted by Gasteiger charge is -2.10. The fourth-order valence-electron chi connectivity index (χ4n) is 3.20. The second-order valence-electron chi connectivity index (χ2n) is 8.02. The van der Waals surface area contributed by atoms with Crippen LogP contribution in [0.3, 0.4) is 0 Å². The molecule has 0 radical (unpaired) electrons. The number of nitrogens with one attached hydrogen (secondary N) is 2. The Hall–Kier alpha value is -2.55. The van der Waals surface area contributed by atoms with Crippen molar-refractivity contribution in [3.05, 3.63) is 75.3 Å². The quantitative estimate of drug-likeness (QED) is 0.554. The monoisotopic (exact) mass is 455 g/mol. The summed E-state index contributed by atoms with van der Waals surface area (Å²) in [6, 6.07) is 13.0. The van der Waals surface area contributed by atoms with Crippen molar-refractivity contribution >= 4 is 32.4 Å². The topological polar surface area (TPSA) is 88.2 Å². The van der Waals surface area contributed by atoms with Gasteiger partial charge in [-0.3, -0.25) is 10.1 Å². The van der Waals surface area contributed by atoms with Gasteiger partial charge in [0.25, 0.3) is 5.91 Å². The maximum absolute atomic E-state index is 12.9. The molecular weight excluding hydrogens is 430 g/mol. The van der Waals surface area contributed by atoms with Gasteiger partial charge in [0.2, 0.25) is 10.0 Å². The van der Waals surface area contributed by atoms with Gasteiger partial charge in [-0.15, -0.1) is 11.3 Å². The number of thiazole rings is 1. The highest BCUT2D eigenvalue weighted by Crippen LogP contribution is 2.27. The lowest BCUT2D eigenvalue weighted by Crippen LogP contribution is -2.26. The second kappa shape index (κ2) is 8.53. The van der Waals surface area contributed by atoms with Gasteiger partial charge in [-0.05, 0) is 56.9 Å². The predicted octanol–water partition coefficient (Wildman–Crippen LogP) is 4.35. The smallest absolute Gasteiger partial charge is 0.257 e. The molecule has 1 fully saturated rings. The predicted molar refractivity (Wildman–Crippen MR) is 123 cm³/mol. The highest BCUT2D eigenvalue weighted by atomic mass is 32.2. The molecule has 2 N–H and O–H groups in total. The van der Waals surface area contributed by atoms with Gasteiger partial charge in [0, 0.05) is 22.9 Å². The highest BCUT2D eigenvalue weighted by Gasteiger charge is 2.28. The van der Waals surface area contributed by atoms with E-state index in [9.17, 15) is 13.2 Å². The molecule has 0 spiro atoms. The van der Waals surface area contributed by atoms with Gasteiger partial charge in [-0.25, -0.2) is 18.1 Å². The van der Waals surface area contributed by atoms with Gasteiger partial charge in [0.1, 0.15) is 0 Å². The van der Waals surface area contributed by atoms with E-state index in [2.05, 4.69) is 46.2 Å². The van der Waals surface area contributed by atoms with E-state index in [-0.39, 0.29) is 16.8 Å². The van der Waals surface area contributed by atoms with E-state index in [0.717, 1.165) is 29.8 Å². The first kappa shape index (κ1) is 21.7. The third kappa shape index (κ3) is 5.20. The highest BCUT2D eigenvalue weighted by molar-refractivity contribution is 7.89. The lowest BCUT2D eigenvalue weighted by molar-refractivity contribution is 0.102. The number of amides is 1.